The molecule has 0 atom stereocenters. The minimum atomic E-state index is -4.50. The molecule has 0 spiro atoms. The van der Waals surface area contributed by atoms with E-state index in [1.54, 1.807) is 19.1 Å². The minimum Gasteiger partial charge on any atom is -0.398 e. The SMILES string of the molecule is Cc1nnc2ccc(-c3ccc(N)c(C(F)(F)F)c3)nn12. The monoisotopic (exact) mass is 293 g/mol. The van der Waals surface area contributed by atoms with Crippen molar-refractivity contribution in [3.8, 4) is 11.3 Å². The van der Waals surface area contributed by atoms with Crippen LogP contribution in [-0.4, -0.2) is 19.8 Å². The number of nitrogens with two attached hydrogens (primary N) is 1. The molecule has 0 radical (unpaired) electrons. The zero-order valence-corrected chi connectivity index (χ0v) is 10.9. The normalized spacial score (nSPS) is 12.0. The summed E-state index contributed by atoms with van der Waals surface area (Å²) >= 11 is 0. The van der Waals surface area contributed by atoms with Crippen molar-refractivity contribution in [2.75, 3.05) is 5.73 Å². The lowest BCUT2D eigenvalue weighted by molar-refractivity contribution is -0.136. The summed E-state index contributed by atoms with van der Waals surface area (Å²) in [6.45, 7) is 1.71. The second-order valence-corrected chi connectivity index (χ2v) is 4.54. The average Bonchev–Trinajstić information content (AvgIpc) is 2.79. The van der Waals surface area contributed by atoms with Gasteiger partial charge in [-0.2, -0.15) is 22.8 Å². The number of nitrogen functional groups attached to an aromatic ring is 1. The fourth-order valence-corrected chi connectivity index (χ4v) is 2.01. The van der Waals surface area contributed by atoms with Gasteiger partial charge in [0, 0.05) is 11.3 Å². The van der Waals surface area contributed by atoms with Crippen molar-refractivity contribution in [3.05, 3.63) is 41.7 Å². The molecule has 3 rings (SSSR count). The highest BCUT2D eigenvalue weighted by molar-refractivity contribution is 5.66. The maximum absolute atomic E-state index is 12.9. The van der Waals surface area contributed by atoms with Gasteiger partial charge in [0.25, 0.3) is 0 Å². The molecule has 2 N–H and O–H groups in total. The van der Waals surface area contributed by atoms with E-state index in [1.165, 1.54) is 16.6 Å². The summed E-state index contributed by atoms with van der Waals surface area (Å²) in [5, 5.41) is 12.0. The van der Waals surface area contributed by atoms with Gasteiger partial charge in [-0.25, -0.2) is 0 Å². The van der Waals surface area contributed by atoms with E-state index in [1.807, 2.05) is 0 Å². The number of nitrogens with zero attached hydrogens (tertiary/aromatic N) is 4. The van der Waals surface area contributed by atoms with E-state index in [0.717, 1.165) is 6.07 Å². The van der Waals surface area contributed by atoms with Gasteiger partial charge >= 0.3 is 6.18 Å². The van der Waals surface area contributed by atoms with Crippen molar-refractivity contribution in [1.29, 1.82) is 0 Å². The van der Waals surface area contributed by atoms with Crippen LogP contribution in [0.4, 0.5) is 18.9 Å². The summed E-state index contributed by atoms with van der Waals surface area (Å²) < 4.78 is 40.1. The third kappa shape index (κ3) is 2.28. The molecule has 0 amide bonds. The van der Waals surface area contributed by atoms with E-state index in [0.29, 0.717) is 22.7 Å². The minimum absolute atomic E-state index is 0.312. The predicted octanol–water partition coefficient (Wildman–Crippen LogP) is 2.70. The molecule has 1 aromatic carbocycles. The van der Waals surface area contributed by atoms with Gasteiger partial charge in [0.2, 0.25) is 0 Å². The number of hydrogen-bond donors (Lipinski definition) is 1. The number of anilines is 1. The third-order valence-electron chi connectivity index (χ3n) is 3.07. The van der Waals surface area contributed by atoms with Gasteiger partial charge in [-0.1, -0.05) is 6.07 Å². The van der Waals surface area contributed by atoms with E-state index in [9.17, 15) is 13.2 Å². The first kappa shape index (κ1) is 13.3. The maximum atomic E-state index is 12.9. The summed E-state index contributed by atoms with van der Waals surface area (Å²) in [7, 11) is 0. The zero-order chi connectivity index (χ0) is 15.2. The first-order valence-corrected chi connectivity index (χ1v) is 6.02. The fourth-order valence-electron chi connectivity index (χ4n) is 2.01. The summed E-state index contributed by atoms with van der Waals surface area (Å²) in [6.07, 6.45) is -4.50. The summed E-state index contributed by atoms with van der Waals surface area (Å²) in [6, 6.07) is 6.95. The first-order chi connectivity index (χ1) is 9.86. The lowest BCUT2D eigenvalue weighted by Gasteiger charge is -2.11. The number of rotatable bonds is 1. The number of benzene rings is 1. The average molecular weight is 293 g/mol. The molecule has 21 heavy (non-hydrogen) atoms. The summed E-state index contributed by atoms with van der Waals surface area (Å²) in [5.74, 6) is 0.554. The summed E-state index contributed by atoms with van der Waals surface area (Å²) in [4.78, 5) is 0. The first-order valence-electron chi connectivity index (χ1n) is 6.02. The molecule has 108 valence electrons. The van der Waals surface area contributed by atoms with Gasteiger partial charge in [0.05, 0.1) is 11.3 Å². The largest absolute Gasteiger partial charge is 0.418 e. The Morgan fingerprint density at radius 2 is 1.86 bits per heavy atom. The Morgan fingerprint density at radius 1 is 1.10 bits per heavy atom. The Kier molecular flexibility index (Phi) is 2.82. The van der Waals surface area contributed by atoms with E-state index in [4.69, 9.17) is 5.73 Å². The highest BCUT2D eigenvalue weighted by Gasteiger charge is 2.33. The molecule has 0 aliphatic heterocycles. The molecule has 0 saturated carbocycles. The van der Waals surface area contributed by atoms with Crippen LogP contribution in [0.25, 0.3) is 16.9 Å². The number of aromatic nitrogens is 4. The Labute approximate surface area is 117 Å². The molecule has 2 heterocycles. The number of fused-ring (bicyclic) bond motifs is 1. The molecule has 0 aliphatic rings. The van der Waals surface area contributed by atoms with E-state index in [-0.39, 0.29) is 5.69 Å². The molecule has 0 saturated heterocycles. The number of hydrogen-bond acceptors (Lipinski definition) is 4. The molecule has 0 bridgehead atoms. The third-order valence-corrected chi connectivity index (χ3v) is 3.07. The van der Waals surface area contributed by atoms with Gasteiger partial charge < -0.3 is 5.73 Å². The second kappa shape index (κ2) is 4.44. The molecule has 2 aromatic heterocycles. The smallest absolute Gasteiger partial charge is 0.398 e. The van der Waals surface area contributed by atoms with Crippen LogP contribution < -0.4 is 5.73 Å². The number of halogens is 3. The van der Waals surface area contributed by atoms with Crippen molar-refractivity contribution >= 4 is 11.3 Å². The topological polar surface area (TPSA) is 69.1 Å². The number of alkyl halides is 3. The quantitative estimate of drug-likeness (QED) is 0.700. The van der Waals surface area contributed by atoms with Crippen molar-refractivity contribution < 1.29 is 13.2 Å². The van der Waals surface area contributed by atoms with Crippen LogP contribution in [0.1, 0.15) is 11.4 Å². The highest BCUT2D eigenvalue weighted by Crippen LogP contribution is 2.35. The van der Waals surface area contributed by atoms with Crippen LogP contribution in [0.3, 0.4) is 0 Å². The van der Waals surface area contributed by atoms with E-state index < -0.39 is 11.7 Å². The Morgan fingerprint density at radius 3 is 2.57 bits per heavy atom. The Bertz CT molecular complexity index is 822. The lowest BCUT2D eigenvalue weighted by atomic mass is 10.1. The van der Waals surface area contributed by atoms with Gasteiger partial charge in [-0.3, -0.25) is 0 Å². The van der Waals surface area contributed by atoms with Crippen molar-refractivity contribution in [1.82, 2.24) is 19.8 Å². The molecular weight excluding hydrogens is 283 g/mol. The Balaban J connectivity index is 2.16. The maximum Gasteiger partial charge on any atom is 0.418 e. The standard InChI is InChI=1S/C13H10F3N5/c1-7-18-19-12-5-4-11(20-21(7)12)8-2-3-10(17)9(6-8)13(14,15)16/h2-6H,17H2,1H3. The second-order valence-electron chi connectivity index (χ2n) is 4.54. The van der Waals surface area contributed by atoms with Crippen LogP contribution >= 0.6 is 0 Å². The van der Waals surface area contributed by atoms with Crippen LogP contribution in [0.2, 0.25) is 0 Å². The Hall–Kier alpha value is -2.64. The van der Waals surface area contributed by atoms with Gasteiger partial charge in [0.15, 0.2) is 11.5 Å². The lowest BCUT2D eigenvalue weighted by Crippen LogP contribution is -2.09. The van der Waals surface area contributed by atoms with Gasteiger partial charge in [-0.15, -0.1) is 10.2 Å². The zero-order valence-electron chi connectivity index (χ0n) is 10.9. The molecular formula is C13H10F3N5. The van der Waals surface area contributed by atoms with Crippen LogP contribution in [0.5, 0.6) is 0 Å². The molecule has 0 aliphatic carbocycles. The van der Waals surface area contributed by atoms with Crippen LogP contribution in [0.15, 0.2) is 30.3 Å². The number of aryl methyl sites for hydroxylation is 1. The molecule has 0 fully saturated rings. The van der Waals surface area contributed by atoms with E-state index in [2.05, 4.69) is 15.3 Å². The van der Waals surface area contributed by atoms with Crippen LogP contribution in [-0.2, 0) is 6.18 Å². The molecule has 0 unspecified atom stereocenters. The van der Waals surface area contributed by atoms with E-state index >= 15 is 0 Å². The van der Waals surface area contributed by atoms with Crippen LogP contribution in [0, 0.1) is 6.92 Å². The van der Waals surface area contributed by atoms with Gasteiger partial charge in [0.1, 0.15) is 0 Å². The van der Waals surface area contributed by atoms with Gasteiger partial charge in [-0.05, 0) is 31.2 Å². The fraction of sp³-hybridized carbons (Fsp3) is 0.154. The summed E-state index contributed by atoms with van der Waals surface area (Å²) in [5.41, 5.74) is 5.44. The van der Waals surface area contributed by atoms with Crippen molar-refractivity contribution in [3.63, 3.8) is 0 Å². The van der Waals surface area contributed by atoms with Crippen molar-refractivity contribution in [2.24, 2.45) is 0 Å². The van der Waals surface area contributed by atoms with Crippen molar-refractivity contribution in [2.45, 2.75) is 13.1 Å². The highest BCUT2D eigenvalue weighted by atomic mass is 19.4. The molecule has 5 nitrogen and oxygen atoms in total. The predicted molar refractivity (Wildman–Crippen MR) is 70.4 cm³/mol. The molecule has 3 aromatic rings. The molecule has 8 heteroatoms.